The highest BCUT2D eigenvalue weighted by Crippen LogP contribution is 2.13. The predicted octanol–water partition coefficient (Wildman–Crippen LogP) is 1.88. The van der Waals surface area contributed by atoms with Crippen LogP contribution in [-0.4, -0.2) is 31.1 Å². The maximum Gasteiger partial charge on any atom is 0.123 e. The number of hydrogen-bond acceptors (Lipinski definition) is 3. The summed E-state index contributed by atoms with van der Waals surface area (Å²) in [6.07, 6.45) is 2.21. The Morgan fingerprint density at radius 2 is 2.17 bits per heavy atom. The summed E-state index contributed by atoms with van der Waals surface area (Å²) in [5.74, 6) is -0.283. The smallest absolute Gasteiger partial charge is 0.123 e. The molecule has 18 heavy (non-hydrogen) atoms. The van der Waals surface area contributed by atoms with Gasteiger partial charge >= 0.3 is 0 Å². The second-order valence-corrected chi connectivity index (χ2v) is 4.87. The number of halogens is 1. The number of nitrogens with zero attached hydrogens (tertiary/aromatic N) is 2. The maximum absolute atomic E-state index is 13.2. The third-order valence-electron chi connectivity index (χ3n) is 3.49. The third-order valence-corrected chi connectivity index (χ3v) is 3.49. The monoisotopic (exact) mass is 247 g/mol. The van der Waals surface area contributed by atoms with E-state index in [2.05, 4.69) is 23.3 Å². The SMILES string of the molecule is CN1CCC(NCc2cc(F)ccc2C#N)CC1. The highest BCUT2D eigenvalue weighted by atomic mass is 19.1. The summed E-state index contributed by atoms with van der Waals surface area (Å²) < 4.78 is 13.2. The number of hydrogen-bond donors (Lipinski definition) is 1. The van der Waals surface area contributed by atoms with Crippen LogP contribution in [-0.2, 0) is 6.54 Å². The predicted molar refractivity (Wildman–Crippen MR) is 68.5 cm³/mol. The molecule has 0 atom stereocenters. The lowest BCUT2D eigenvalue weighted by Gasteiger charge is -2.29. The van der Waals surface area contributed by atoms with Gasteiger partial charge in [0.25, 0.3) is 0 Å². The Morgan fingerprint density at radius 3 is 2.83 bits per heavy atom. The van der Waals surface area contributed by atoms with Crippen molar-refractivity contribution in [1.82, 2.24) is 10.2 Å². The first-order valence-electron chi connectivity index (χ1n) is 6.29. The molecule has 0 spiro atoms. The summed E-state index contributed by atoms with van der Waals surface area (Å²) >= 11 is 0. The van der Waals surface area contributed by atoms with E-state index >= 15 is 0 Å². The first kappa shape index (κ1) is 13.0. The van der Waals surface area contributed by atoms with Gasteiger partial charge in [-0.05, 0) is 56.7 Å². The van der Waals surface area contributed by atoms with Crippen LogP contribution >= 0.6 is 0 Å². The number of likely N-dealkylation sites (tertiary alicyclic amines) is 1. The summed E-state index contributed by atoms with van der Waals surface area (Å²) in [4.78, 5) is 2.31. The van der Waals surface area contributed by atoms with Gasteiger partial charge in [0.05, 0.1) is 11.6 Å². The molecule has 4 heteroatoms. The Hall–Kier alpha value is -1.44. The van der Waals surface area contributed by atoms with E-state index in [-0.39, 0.29) is 5.82 Å². The molecule has 3 nitrogen and oxygen atoms in total. The molecule has 1 fully saturated rings. The van der Waals surface area contributed by atoms with E-state index in [4.69, 9.17) is 5.26 Å². The van der Waals surface area contributed by atoms with E-state index in [0.29, 0.717) is 18.2 Å². The van der Waals surface area contributed by atoms with Crippen LogP contribution in [0.5, 0.6) is 0 Å². The summed E-state index contributed by atoms with van der Waals surface area (Å²) in [6, 6.07) is 6.89. The van der Waals surface area contributed by atoms with Gasteiger partial charge in [0.1, 0.15) is 5.82 Å². The Bertz CT molecular complexity index is 445. The van der Waals surface area contributed by atoms with Gasteiger partial charge in [0.2, 0.25) is 0 Å². The topological polar surface area (TPSA) is 39.1 Å². The number of nitrogens with one attached hydrogen (secondary N) is 1. The molecule has 1 aliphatic rings. The lowest BCUT2D eigenvalue weighted by Crippen LogP contribution is -2.40. The van der Waals surface area contributed by atoms with Gasteiger partial charge in [-0.1, -0.05) is 0 Å². The first-order chi connectivity index (χ1) is 8.69. The van der Waals surface area contributed by atoms with Crippen LogP contribution in [0, 0.1) is 17.1 Å². The number of piperidine rings is 1. The van der Waals surface area contributed by atoms with Gasteiger partial charge in [0, 0.05) is 12.6 Å². The molecule has 0 aliphatic carbocycles. The van der Waals surface area contributed by atoms with E-state index in [9.17, 15) is 4.39 Å². The van der Waals surface area contributed by atoms with Crippen molar-refractivity contribution in [3.05, 3.63) is 35.1 Å². The van der Waals surface area contributed by atoms with Crippen LogP contribution in [0.1, 0.15) is 24.0 Å². The molecule has 1 aromatic carbocycles. The molecule has 1 N–H and O–H groups in total. The average molecular weight is 247 g/mol. The van der Waals surface area contributed by atoms with Crippen molar-refractivity contribution >= 4 is 0 Å². The fourth-order valence-corrected chi connectivity index (χ4v) is 2.28. The Labute approximate surface area is 107 Å². The minimum absolute atomic E-state index is 0.283. The van der Waals surface area contributed by atoms with Crippen LogP contribution in [0.2, 0.25) is 0 Å². The van der Waals surface area contributed by atoms with Crippen LogP contribution in [0.15, 0.2) is 18.2 Å². The molecule has 0 unspecified atom stereocenters. The zero-order valence-electron chi connectivity index (χ0n) is 10.6. The van der Waals surface area contributed by atoms with Gasteiger partial charge in [-0.25, -0.2) is 4.39 Å². The highest BCUT2D eigenvalue weighted by Gasteiger charge is 2.16. The molecule has 1 saturated heterocycles. The number of rotatable bonds is 3. The summed E-state index contributed by atoms with van der Waals surface area (Å²) in [5.41, 5.74) is 1.30. The van der Waals surface area contributed by atoms with E-state index in [1.807, 2.05) is 0 Å². The van der Waals surface area contributed by atoms with Gasteiger partial charge in [0.15, 0.2) is 0 Å². The zero-order chi connectivity index (χ0) is 13.0. The second-order valence-electron chi connectivity index (χ2n) is 4.87. The van der Waals surface area contributed by atoms with Gasteiger partial charge in [-0.3, -0.25) is 0 Å². The highest BCUT2D eigenvalue weighted by molar-refractivity contribution is 5.37. The van der Waals surface area contributed by atoms with Crippen LogP contribution in [0.4, 0.5) is 4.39 Å². The maximum atomic E-state index is 13.2. The lowest BCUT2D eigenvalue weighted by molar-refractivity contribution is 0.234. The van der Waals surface area contributed by atoms with Gasteiger partial charge in [-0.2, -0.15) is 5.26 Å². The summed E-state index contributed by atoms with van der Waals surface area (Å²) in [6.45, 7) is 2.74. The molecule has 1 aliphatic heterocycles. The lowest BCUT2D eigenvalue weighted by atomic mass is 10.0. The van der Waals surface area contributed by atoms with E-state index in [1.54, 1.807) is 6.07 Å². The van der Waals surface area contributed by atoms with Crippen LogP contribution < -0.4 is 5.32 Å². The Morgan fingerprint density at radius 1 is 1.44 bits per heavy atom. The Balaban J connectivity index is 1.94. The van der Waals surface area contributed by atoms with Gasteiger partial charge in [-0.15, -0.1) is 0 Å². The molecule has 0 saturated carbocycles. The van der Waals surface area contributed by atoms with E-state index < -0.39 is 0 Å². The average Bonchev–Trinajstić information content (AvgIpc) is 2.38. The standard InChI is InChI=1S/C14H18FN3/c1-18-6-4-14(5-7-18)17-10-12-8-13(15)3-2-11(12)9-16/h2-3,8,14,17H,4-7,10H2,1H3. The molecule has 0 bridgehead atoms. The molecule has 0 radical (unpaired) electrons. The zero-order valence-corrected chi connectivity index (χ0v) is 10.6. The molecule has 1 aromatic rings. The molecular formula is C14H18FN3. The summed E-state index contributed by atoms with van der Waals surface area (Å²) in [5, 5.41) is 12.4. The normalized spacial score (nSPS) is 17.6. The summed E-state index contributed by atoms with van der Waals surface area (Å²) in [7, 11) is 2.12. The third kappa shape index (κ3) is 3.28. The van der Waals surface area contributed by atoms with Crippen molar-refractivity contribution in [2.45, 2.75) is 25.4 Å². The largest absolute Gasteiger partial charge is 0.310 e. The molecule has 0 amide bonds. The van der Waals surface area contributed by atoms with Crippen LogP contribution in [0.25, 0.3) is 0 Å². The van der Waals surface area contributed by atoms with Crippen molar-refractivity contribution < 1.29 is 4.39 Å². The van der Waals surface area contributed by atoms with Crippen molar-refractivity contribution in [3.8, 4) is 6.07 Å². The molecule has 0 aromatic heterocycles. The molecule has 1 heterocycles. The second kappa shape index (κ2) is 5.94. The Kier molecular flexibility index (Phi) is 4.29. The number of benzene rings is 1. The molecule has 2 rings (SSSR count). The first-order valence-corrected chi connectivity index (χ1v) is 6.29. The minimum atomic E-state index is -0.283. The van der Waals surface area contributed by atoms with Crippen molar-refractivity contribution in [2.24, 2.45) is 0 Å². The van der Waals surface area contributed by atoms with Gasteiger partial charge < -0.3 is 10.2 Å². The molecular weight excluding hydrogens is 229 g/mol. The minimum Gasteiger partial charge on any atom is -0.310 e. The number of nitriles is 1. The quantitative estimate of drug-likeness (QED) is 0.886. The van der Waals surface area contributed by atoms with Crippen molar-refractivity contribution in [1.29, 1.82) is 5.26 Å². The van der Waals surface area contributed by atoms with E-state index in [1.165, 1.54) is 12.1 Å². The fraction of sp³-hybridized carbons (Fsp3) is 0.500. The van der Waals surface area contributed by atoms with Crippen molar-refractivity contribution in [3.63, 3.8) is 0 Å². The van der Waals surface area contributed by atoms with Crippen molar-refractivity contribution in [2.75, 3.05) is 20.1 Å². The van der Waals surface area contributed by atoms with E-state index in [0.717, 1.165) is 31.5 Å². The fourth-order valence-electron chi connectivity index (χ4n) is 2.28. The van der Waals surface area contributed by atoms with Crippen LogP contribution in [0.3, 0.4) is 0 Å². The molecule has 96 valence electrons.